The third-order valence-corrected chi connectivity index (χ3v) is 10.8. The minimum atomic E-state index is -0.0372. The highest BCUT2D eigenvalue weighted by molar-refractivity contribution is 6.25. The van der Waals surface area contributed by atoms with Crippen LogP contribution < -0.4 is 0 Å². The average molecular weight is 597 g/mol. The van der Waals surface area contributed by atoms with Gasteiger partial charge < -0.3 is 0 Å². The Kier molecular flexibility index (Phi) is 5.44. The van der Waals surface area contributed by atoms with Crippen molar-refractivity contribution in [2.75, 3.05) is 0 Å². The molecule has 0 saturated heterocycles. The summed E-state index contributed by atoms with van der Waals surface area (Å²) in [6.07, 6.45) is 0. The Morgan fingerprint density at radius 2 is 0.872 bits per heavy atom. The van der Waals surface area contributed by atoms with Crippen LogP contribution in [0.25, 0.3) is 87.6 Å². The van der Waals surface area contributed by atoms with Gasteiger partial charge in [-0.25, -0.2) is 0 Å². The highest BCUT2D eigenvalue weighted by atomic mass is 14.4. The highest BCUT2D eigenvalue weighted by Gasteiger charge is 2.36. The van der Waals surface area contributed by atoms with E-state index in [0.29, 0.717) is 0 Å². The molecule has 0 heterocycles. The Morgan fingerprint density at radius 3 is 1.64 bits per heavy atom. The first kappa shape index (κ1) is 26.5. The summed E-state index contributed by atoms with van der Waals surface area (Å²) in [7, 11) is 0. The summed E-state index contributed by atoms with van der Waals surface area (Å²) >= 11 is 0. The number of rotatable bonds is 3. The van der Waals surface area contributed by atoms with Gasteiger partial charge in [-0.2, -0.15) is 0 Å². The van der Waals surface area contributed by atoms with Crippen LogP contribution in [-0.2, 0) is 5.41 Å². The maximum absolute atomic E-state index is 2.40. The lowest BCUT2D eigenvalue weighted by Gasteiger charge is -2.23. The monoisotopic (exact) mass is 596 g/mol. The van der Waals surface area contributed by atoms with Crippen molar-refractivity contribution < 1.29 is 0 Å². The molecule has 0 atom stereocenters. The molecule has 0 nitrogen and oxygen atoms in total. The first-order chi connectivity index (χ1) is 23.1. The van der Waals surface area contributed by atoms with Gasteiger partial charge in [-0.3, -0.25) is 0 Å². The molecule has 0 N–H and O–H groups in total. The summed E-state index contributed by atoms with van der Waals surface area (Å²) < 4.78 is 0. The van der Waals surface area contributed by atoms with Gasteiger partial charge in [0.05, 0.1) is 0 Å². The van der Waals surface area contributed by atoms with Crippen LogP contribution in [-0.4, -0.2) is 0 Å². The highest BCUT2D eigenvalue weighted by Crippen LogP contribution is 2.52. The molecule has 0 bridgehead atoms. The first-order valence-electron chi connectivity index (χ1n) is 16.6. The van der Waals surface area contributed by atoms with E-state index in [4.69, 9.17) is 0 Å². The standard InChI is InChI=1S/C47H32/c1-47(2)43-17-8-7-16-40(43)42-27-23-33-28-32(22-24-35(33)46(42)47)34-12-3-4-13-36(34)37-14-5-6-15-38(37)39-25-20-31-19-18-29-10-9-11-30-21-26-41(39)45(31)44(29)30/h3-28H,1-2H3. The van der Waals surface area contributed by atoms with Crippen LogP contribution in [0.5, 0.6) is 0 Å². The Balaban J connectivity index is 1.16. The summed E-state index contributed by atoms with van der Waals surface area (Å²) in [6.45, 7) is 4.74. The molecule has 0 spiro atoms. The Labute approximate surface area is 274 Å². The summed E-state index contributed by atoms with van der Waals surface area (Å²) in [5.41, 5.74) is 13.1. The van der Waals surface area contributed by atoms with E-state index >= 15 is 0 Å². The van der Waals surface area contributed by atoms with Gasteiger partial charge in [-0.15, -0.1) is 0 Å². The van der Waals surface area contributed by atoms with Crippen molar-refractivity contribution in [3.8, 4) is 44.5 Å². The first-order valence-corrected chi connectivity index (χ1v) is 16.6. The minimum absolute atomic E-state index is 0.0372. The second kappa shape index (κ2) is 9.64. The third kappa shape index (κ3) is 3.70. The second-order valence-electron chi connectivity index (χ2n) is 13.7. The van der Waals surface area contributed by atoms with Gasteiger partial charge in [0.25, 0.3) is 0 Å². The lowest BCUT2D eigenvalue weighted by molar-refractivity contribution is 0.666. The second-order valence-corrected chi connectivity index (χ2v) is 13.7. The molecule has 9 aromatic carbocycles. The van der Waals surface area contributed by atoms with Gasteiger partial charge in [0.1, 0.15) is 0 Å². The molecule has 0 heteroatoms. The van der Waals surface area contributed by atoms with Crippen LogP contribution in [0.15, 0.2) is 158 Å². The molecule has 0 unspecified atom stereocenters. The van der Waals surface area contributed by atoms with Crippen molar-refractivity contribution in [2.45, 2.75) is 19.3 Å². The normalized spacial score (nSPS) is 13.5. The summed E-state index contributed by atoms with van der Waals surface area (Å²) in [4.78, 5) is 0. The van der Waals surface area contributed by atoms with Crippen molar-refractivity contribution in [2.24, 2.45) is 0 Å². The zero-order valence-corrected chi connectivity index (χ0v) is 26.5. The van der Waals surface area contributed by atoms with Crippen LogP contribution in [0, 0.1) is 0 Å². The van der Waals surface area contributed by atoms with Crippen molar-refractivity contribution >= 4 is 43.1 Å². The van der Waals surface area contributed by atoms with Gasteiger partial charge in [-0.1, -0.05) is 166 Å². The molecular weight excluding hydrogens is 565 g/mol. The molecule has 0 aromatic heterocycles. The van der Waals surface area contributed by atoms with Gasteiger partial charge >= 0.3 is 0 Å². The zero-order chi connectivity index (χ0) is 31.3. The Bertz CT molecular complexity index is 2690. The van der Waals surface area contributed by atoms with E-state index in [1.165, 1.54) is 98.7 Å². The Hall–Kier alpha value is -5.72. The smallest absolute Gasteiger partial charge is 0.0165 e. The predicted molar refractivity (Wildman–Crippen MR) is 202 cm³/mol. The molecule has 1 aliphatic carbocycles. The van der Waals surface area contributed by atoms with Gasteiger partial charge in [-0.05, 0) is 105 Å². The molecule has 0 amide bonds. The van der Waals surface area contributed by atoms with Crippen molar-refractivity contribution in [1.82, 2.24) is 0 Å². The predicted octanol–water partition coefficient (Wildman–Crippen LogP) is 13.0. The molecule has 0 saturated carbocycles. The van der Waals surface area contributed by atoms with E-state index < -0.39 is 0 Å². The lowest BCUT2D eigenvalue weighted by atomic mass is 9.80. The fourth-order valence-electron chi connectivity index (χ4n) is 8.69. The Morgan fingerprint density at radius 1 is 0.340 bits per heavy atom. The number of hydrogen-bond acceptors (Lipinski definition) is 0. The molecule has 47 heavy (non-hydrogen) atoms. The van der Waals surface area contributed by atoms with Gasteiger partial charge in [0.2, 0.25) is 0 Å². The van der Waals surface area contributed by atoms with E-state index in [1.807, 2.05) is 0 Å². The third-order valence-electron chi connectivity index (χ3n) is 10.8. The number of benzene rings is 9. The number of fused-ring (bicyclic) bond motifs is 5. The van der Waals surface area contributed by atoms with Crippen LogP contribution in [0.1, 0.15) is 25.0 Å². The van der Waals surface area contributed by atoms with E-state index in [0.717, 1.165) is 0 Å². The lowest BCUT2D eigenvalue weighted by Crippen LogP contribution is -2.15. The molecule has 10 rings (SSSR count). The minimum Gasteiger partial charge on any atom is -0.0619 e. The SMILES string of the molecule is CC1(C)c2ccccc2-c2ccc3cc(-c4ccccc4-c4ccccc4-c4ccc5ccc6cccc7ccc4c5c67)ccc3c21. The molecule has 0 radical (unpaired) electrons. The van der Waals surface area contributed by atoms with Crippen LogP contribution in [0.2, 0.25) is 0 Å². The van der Waals surface area contributed by atoms with Crippen LogP contribution in [0.4, 0.5) is 0 Å². The molecule has 220 valence electrons. The van der Waals surface area contributed by atoms with Gasteiger partial charge in [0, 0.05) is 5.41 Å². The van der Waals surface area contributed by atoms with Crippen LogP contribution >= 0.6 is 0 Å². The topological polar surface area (TPSA) is 0 Å². The molecule has 0 aliphatic heterocycles. The van der Waals surface area contributed by atoms with E-state index in [9.17, 15) is 0 Å². The molecule has 1 aliphatic rings. The van der Waals surface area contributed by atoms with Crippen molar-refractivity contribution in [1.29, 1.82) is 0 Å². The average Bonchev–Trinajstić information content (AvgIpc) is 3.36. The van der Waals surface area contributed by atoms with Crippen molar-refractivity contribution in [3.05, 3.63) is 169 Å². The summed E-state index contributed by atoms with van der Waals surface area (Å²) in [5, 5.41) is 10.5. The van der Waals surface area contributed by atoms with Gasteiger partial charge in [0.15, 0.2) is 0 Å². The summed E-state index contributed by atoms with van der Waals surface area (Å²) in [6, 6.07) is 58.9. The van der Waals surface area contributed by atoms with E-state index in [-0.39, 0.29) is 5.41 Å². The van der Waals surface area contributed by atoms with Crippen molar-refractivity contribution in [3.63, 3.8) is 0 Å². The van der Waals surface area contributed by atoms with E-state index in [2.05, 4.69) is 172 Å². The zero-order valence-electron chi connectivity index (χ0n) is 26.5. The quantitative estimate of drug-likeness (QED) is 0.178. The molecule has 9 aromatic rings. The van der Waals surface area contributed by atoms with Crippen LogP contribution in [0.3, 0.4) is 0 Å². The fraction of sp³-hybridized carbons (Fsp3) is 0.0638. The summed E-state index contributed by atoms with van der Waals surface area (Å²) in [5.74, 6) is 0. The molecule has 0 fully saturated rings. The fourth-order valence-corrected chi connectivity index (χ4v) is 8.69. The largest absolute Gasteiger partial charge is 0.0619 e. The maximum Gasteiger partial charge on any atom is 0.0165 e. The van der Waals surface area contributed by atoms with E-state index in [1.54, 1.807) is 0 Å². The maximum atomic E-state index is 2.40. The number of hydrogen-bond donors (Lipinski definition) is 0. The molecular formula is C47H32.